The Hall–Kier alpha value is -1.85. The van der Waals surface area contributed by atoms with E-state index in [0.29, 0.717) is 30.7 Å². The fourth-order valence-electron chi connectivity index (χ4n) is 3.84. The molecule has 1 aliphatic rings. The van der Waals surface area contributed by atoms with Crippen molar-refractivity contribution in [2.24, 2.45) is 11.1 Å². The quantitative estimate of drug-likeness (QED) is 0.798. The molecule has 1 saturated carbocycles. The molecule has 0 bridgehead atoms. The maximum absolute atomic E-state index is 13.6. The van der Waals surface area contributed by atoms with E-state index in [0.717, 1.165) is 11.0 Å². The molecule has 0 amide bonds. The van der Waals surface area contributed by atoms with E-state index < -0.39 is 21.7 Å². The summed E-state index contributed by atoms with van der Waals surface area (Å²) >= 11 is 0. The number of alkyl halides is 2. The molecule has 1 heterocycles. The van der Waals surface area contributed by atoms with Crippen LogP contribution in [0.1, 0.15) is 63.3 Å². The number of H-pyrrole nitrogens is 1. The molecule has 2 atom stereocenters. The summed E-state index contributed by atoms with van der Waals surface area (Å²) in [5, 5.41) is 14.7. The second-order valence-electron chi connectivity index (χ2n) is 8.03. The van der Waals surface area contributed by atoms with Gasteiger partial charge in [-0.25, -0.2) is 18.0 Å². The lowest BCUT2D eigenvalue weighted by molar-refractivity contribution is -0.0493. The molecule has 3 N–H and O–H groups in total. The summed E-state index contributed by atoms with van der Waals surface area (Å²) in [5.74, 6) is -2.05. The van der Waals surface area contributed by atoms with Crippen LogP contribution in [0.4, 0.5) is 8.78 Å². The van der Waals surface area contributed by atoms with E-state index in [-0.39, 0.29) is 24.7 Å². The summed E-state index contributed by atoms with van der Waals surface area (Å²) in [6, 6.07) is 7.29. The van der Waals surface area contributed by atoms with Crippen molar-refractivity contribution in [2.75, 3.05) is 0 Å². The van der Waals surface area contributed by atoms with Gasteiger partial charge in [0.25, 0.3) is 0 Å². The van der Waals surface area contributed by atoms with E-state index >= 15 is 0 Å². The van der Waals surface area contributed by atoms with Crippen molar-refractivity contribution in [3.05, 3.63) is 29.6 Å². The van der Waals surface area contributed by atoms with Gasteiger partial charge in [0.15, 0.2) is 0 Å². The number of nitrogens with two attached hydrogens (primary N) is 1. The first kappa shape index (κ1) is 19.9. The number of aromatic nitrogens is 2. The Bertz CT molecular complexity index is 893. The Morgan fingerprint density at radius 3 is 2.70 bits per heavy atom. The minimum Gasteiger partial charge on any atom is -0.342 e. The van der Waals surface area contributed by atoms with Crippen LogP contribution in [0.2, 0.25) is 0 Å². The third-order valence-electron chi connectivity index (χ3n) is 5.57. The van der Waals surface area contributed by atoms with Gasteiger partial charge in [-0.05, 0) is 57.2 Å². The van der Waals surface area contributed by atoms with Gasteiger partial charge >= 0.3 is 0 Å². The average molecular weight is 394 g/mol. The highest BCUT2D eigenvalue weighted by molar-refractivity contribution is 7.84. The molecule has 5 nitrogen and oxygen atoms in total. The summed E-state index contributed by atoms with van der Waals surface area (Å²) in [6.07, 6.45) is 0.992. The maximum atomic E-state index is 13.6. The Morgan fingerprint density at radius 1 is 1.44 bits per heavy atom. The second kappa shape index (κ2) is 7.28. The first-order valence-corrected chi connectivity index (χ1v) is 10.3. The highest BCUT2D eigenvalue weighted by Gasteiger charge is 2.41. The third kappa shape index (κ3) is 4.36. The van der Waals surface area contributed by atoms with Crippen LogP contribution in [0.3, 0.4) is 0 Å². The zero-order valence-electron chi connectivity index (χ0n) is 15.5. The summed E-state index contributed by atoms with van der Waals surface area (Å²) in [4.78, 5) is 7.91. The van der Waals surface area contributed by atoms with Crippen molar-refractivity contribution in [1.82, 2.24) is 9.97 Å². The predicted molar refractivity (Wildman–Crippen MR) is 101 cm³/mol. The number of halogens is 2. The number of nitrogens with zero attached hydrogens (tertiary/aromatic N) is 2. The van der Waals surface area contributed by atoms with Gasteiger partial charge in [-0.3, -0.25) is 5.14 Å². The number of nitrogens with one attached hydrogen (secondary N) is 1. The molecule has 1 aliphatic carbocycles. The standard InChI is InChI=1S/C19H24F2N4OS/c1-18(2,27(23)26)10-14(13-5-7-19(20,21)8-6-13)17-24-15-4-3-12(11-22)9-16(15)25-17/h3-4,9,13-14H,5-8,10,23H2,1-2H3,(H,24,25)/t14-,27?/m0/s1. The van der Waals surface area contributed by atoms with Crippen LogP contribution in [-0.2, 0) is 11.0 Å². The number of imidazole rings is 1. The summed E-state index contributed by atoms with van der Waals surface area (Å²) < 4.78 is 38.6. The fraction of sp³-hybridized carbons (Fsp3) is 0.579. The van der Waals surface area contributed by atoms with Crippen LogP contribution in [0.15, 0.2) is 18.2 Å². The second-order valence-corrected chi connectivity index (χ2v) is 9.73. The monoisotopic (exact) mass is 394 g/mol. The van der Waals surface area contributed by atoms with Gasteiger partial charge in [-0.2, -0.15) is 5.26 Å². The number of aromatic amines is 1. The summed E-state index contributed by atoms with van der Waals surface area (Å²) in [5.41, 5.74) is 1.98. The smallest absolute Gasteiger partial charge is 0.248 e. The Kier molecular flexibility index (Phi) is 5.37. The van der Waals surface area contributed by atoms with Gasteiger partial charge in [-0.15, -0.1) is 0 Å². The molecule has 0 spiro atoms. The van der Waals surface area contributed by atoms with Gasteiger partial charge in [-0.1, -0.05) is 0 Å². The van der Waals surface area contributed by atoms with Crippen molar-refractivity contribution in [2.45, 2.75) is 62.5 Å². The van der Waals surface area contributed by atoms with Gasteiger partial charge in [0.05, 0.1) is 38.4 Å². The van der Waals surface area contributed by atoms with E-state index in [1.54, 1.807) is 18.2 Å². The van der Waals surface area contributed by atoms with Crippen molar-refractivity contribution in [3.63, 3.8) is 0 Å². The number of hydrogen-bond donors (Lipinski definition) is 2. The molecule has 1 aromatic heterocycles. The maximum Gasteiger partial charge on any atom is 0.248 e. The molecule has 1 unspecified atom stereocenters. The highest BCUT2D eigenvalue weighted by Crippen LogP contribution is 2.45. The van der Waals surface area contributed by atoms with Crippen LogP contribution in [-0.4, -0.2) is 24.8 Å². The van der Waals surface area contributed by atoms with Crippen LogP contribution in [0, 0.1) is 17.2 Å². The summed E-state index contributed by atoms with van der Waals surface area (Å²) in [6.45, 7) is 3.65. The first-order chi connectivity index (χ1) is 12.6. The topological polar surface area (TPSA) is 95.6 Å². The SMILES string of the molecule is CC(C)(C[C@H](c1nc2ccc(C#N)cc2[nH]1)C1CCC(F)(F)CC1)S(N)=O. The molecular weight excluding hydrogens is 370 g/mol. The summed E-state index contributed by atoms with van der Waals surface area (Å²) in [7, 11) is -1.55. The fourth-order valence-corrected chi connectivity index (χ4v) is 4.18. The molecule has 2 aromatic rings. The minimum atomic E-state index is -2.61. The molecule has 3 rings (SSSR count). The van der Waals surface area contributed by atoms with E-state index in [1.807, 2.05) is 13.8 Å². The average Bonchev–Trinajstić information content (AvgIpc) is 3.02. The Balaban J connectivity index is 1.96. The lowest BCUT2D eigenvalue weighted by Crippen LogP contribution is -2.37. The Labute approximate surface area is 159 Å². The first-order valence-electron chi connectivity index (χ1n) is 9.05. The number of rotatable bonds is 5. The van der Waals surface area contributed by atoms with E-state index in [4.69, 9.17) is 10.4 Å². The van der Waals surface area contributed by atoms with Crippen LogP contribution >= 0.6 is 0 Å². The normalized spacial score (nSPS) is 20.3. The Morgan fingerprint density at radius 2 is 2.11 bits per heavy atom. The van der Waals surface area contributed by atoms with Gasteiger partial charge in [0, 0.05) is 18.8 Å². The number of fused-ring (bicyclic) bond motifs is 1. The highest BCUT2D eigenvalue weighted by atomic mass is 32.2. The number of nitriles is 1. The van der Waals surface area contributed by atoms with Crippen LogP contribution in [0.25, 0.3) is 11.0 Å². The zero-order chi connectivity index (χ0) is 19.8. The predicted octanol–water partition coefficient (Wildman–Crippen LogP) is 4.13. The lowest BCUT2D eigenvalue weighted by atomic mass is 9.75. The van der Waals surface area contributed by atoms with E-state index in [2.05, 4.69) is 16.0 Å². The molecule has 8 heteroatoms. The van der Waals surface area contributed by atoms with Crippen LogP contribution in [0.5, 0.6) is 0 Å². The zero-order valence-corrected chi connectivity index (χ0v) is 16.3. The van der Waals surface area contributed by atoms with Crippen molar-refractivity contribution < 1.29 is 13.0 Å². The van der Waals surface area contributed by atoms with Crippen LogP contribution < -0.4 is 5.14 Å². The number of hydrogen-bond acceptors (Lipinski definition) is 3. The minimum absolute atomic E-state index is 0.0171. The van der Waals surface area contributed by atoms with Crippen molar-refractivity contribution >= 4 is 22.0 Å². The van der Waals surface area contributed by atoms with Crippen molar-refractivity contribution in [3.8, 4) is 6.07 Å². The van der Waals surface area contributed by atoms with Gasteiger partial charge in [0.1, 0.15) is 5.82 Å². The molecular formula is C19H24F2N4OS. The molecule has 1 fully saturated rings. The molecule has 146 valence electrons. The van der Waals surface area contributed by atoms with E-state index in [1.165, 1.54) is 0 Å². The largest absolute Gasteiger partial charge is 0.342 e. The van der Waals surface area contributed by atoms with Gasteiger partial charge < -0.3 is 4.98 Å². The number of benzene rings is 1. The molecule has 0 saturated heterocycles. The van der Waals surface area contributed by atoms with Crippen molar-refractivity contribution in [1.29, 1.82) is 5.26 Å². The van der Waals surface area contributed by atoms with E-state index in [9.17, 15) is 13.0 Å². The molecule has 0 radical (unpaired) electrons. The molecule has 0 aliphatic heterocycles. The third-order valence-corrected chi connectivity index (χ3v) is 6.82. The molecule has 27 heavy (non-hydrogen) atoms. The lowest BCUT2D eigenvalue weighted by Gasteiger charge is -2.36. The van der Waals surface area contributed by atoms with Gasteiger partial charge in [0.2, 0.25) is 5.92 Å². The molecule has 1 aromatic carbocycles.